The fraction of sp³-hybridized carbons (Fsp3) is 0.0526. The molecule has 7 nitrogen and oxygen atoms in total. The molecule has 5 rings (SSSR count). The standard InChI is InChI=1S/C19H14N7.2Y/c1-25-12-15(11-21-25)17-6-7-18-22-23-19(26(18)24-17)10-13-4-5-16-14(9-13)3-2-8-20-16;;/h2-12H,1H3;;/q-1;;. The van der Waals surface area contributed by atoms with Crippen molar-refractivity contribution in [3.63, 3.8) is 0 Å². The van der Waals surface area contributed by atoms with Crippen LogP contribution in [0.15, 0.2) is 61.1 Å². The fourth-order valence-electron chi connectivity index (χ4n) is 2.94. The summed E-state index contributed by atoms with van der Waals surface area (Å²) in [5.74, 6) is 0.675. The van der Waals surface area contributed by atoms with E-state index in [0.29, 0.717) is 11.5 Å². The molecule has 0 amide bonds. The first-order chi connectivity index (χ1) is 12.8. The zero-order valence-corrected chi connectivity index (χ0v) is 20.8. The Balaban J connectivity index is 0.00000112. The van der Waals surface area contributed by atoms with Gasteiger partial charge in [-0.15, -0.1) is 16.6 Å². The van der Waals surface area contributed by atoms with Gasteiger partial charge in [0.25, 0.3) is 0 Å². The van der Waals surface area contributed by atoms with Crippen LogP contribution >= 0.6 is 0 Å². The molecule has 28 heavy (non-hydrogen) atoms. The minimum Gasteiger partial charge on any atom is -0.275 e. The van der Waals surface area contributed by atoms with Crippen molar-refractivity contribution < 1.29 is 65.4 Å². The predicted molar refractivity (Wildman–Crippen MR) is 97.2 cm³/mol. The average molecular weight is 518 g/mol. The molecule has 5 aromatic rings. The van der Waals surface area contributed by atoms with Gasteiger partial charge in [-0.25, -0.2) is 4.52 Å². The summed E-state index contributed by atoms with van der Waals surface area (Å²) in [6, 6.07) is 13.9. The molecule has 0 saturated heterocycles. The molecule has 0 unspecified atom stereocenters. The number of benzene rings is 1. The minimum atomic E-state index is 0. The fourth-order valence-corrected chi connectivity index (χ4v) is 2.94. The van der Waals surface area contributed by atoms with Crippen LogP contribution < -0.4 is 0 Å². The van der Waals surface area contributed by atoms with Gasteiger partial charge in [-0.1, -0.05) is 17.5 Å². The Morgan fingerprint density at radius 2 is 1.89 bits per heavy atom. The Labute approximate surface area is 211 Å². The molecular formula is C19H14N7Y2-. The molecule has 0 bridgehead atoms. The van der Waals surface area contributed by atoms with Crippen molar-refractivity contribution in [2.75, 3.05) is 0 Å². The number of aromatic nitrogens is 7. The third-order valence-corrected chi connectivity index (χ3v) is 4.21. The van der Waals surface area contributed by atoms with Crippen LogP contribution in [0.25, 0.3) is 27.8 Å². The molecule has 9 heteroatoms. The van der Waals surface area contributed by atoms with Gasteiger partial charge in [0.05, 0.1) is 11.9 Å². The van der Waals surface area contributed by atoms with Crippen LogP contribution in [-0.2, 0) is 72.5 Å². The van der Waals surface area contributed by atoms with Gasteiger partial charge in [-0.3, -0.25) is 9.67 Å². The second-order valence-electron chi connectivity index (χ2n) is 6.05. The van der Waals surface area contributed by atoms with Crippen LogP contribution in [0.2, 0.25) is 0 Å². The molecule has 0 atom stereocenters. The molecule has 0 fully saturated rings. The Morgan fingerprint density at radius 3 is 2.71 bits per heavy atom. The topological polar surface area (TPSA) is 73.8 Å². The minimum absolute atomic E-state index is 0. The van der Waals surface area contributed by atoms with E-state index < -0.39 is 0 Å². The van der Waals surface area contributed by atoms with Gasteiger partial charge in [-0.2, -0.15) is 27.9 Å². The second-order valence-corrected chi connectivity index (χ2v) is 6.05. The molecule has 0 saturated carbocycles. The summed E-state index contributed by atoms with van der Waals surface area (Å²) in [5.41, 5.74) is 4.46. The quantitative estimate of drug-likeness (QED) is 0.344. The van der Waals surface area contributed by atoms with Crippen molar-refractivity contribution in [2.45, 2.75) is 0 Å². The number of rotatable bonds is 3. The van der Waals surface area contributed by atoms with E-state index in [0.717, 1.165) is 27.7 Å². The SMILES string of the molecule is Cn1cc(-c2ccc3nnc([CH-]c4ccc5ncccc5c4)n3n2)cn1.[Y].[Y]. The van der Waals surface area contributed by atoms with E-state index in [2.05, 4.69) is 31.4 Å². The van der Waals surface area contributed by atoms with Gasteiger partial charge in [0.1, 0.15) is 5.82 Å². The molecule has 4 heterocycles. The monoisotopic (exact) mass is 518 g/mol. The van der Waals surface area contributed by atoms with Crippen LogP contribution in [0, 0.1) is 6.42 Å². The Bertz CT molecular complexity index is 1250. The molecule has 1 aromatic carbocycles. The van der Waals surface area contributed by atoms with Crippen molar-refractivity contribution in [3.05, 3.63) is 78.9 Å². The van der Waals surface area contributed by atoms with Crippen LogP contribution in [0.5, 0.6) is 0 Å². The third kappa shape index (κ3) is 4.08. The number of pyridine rings is 1. The maximum absolute atomic E-state index is 4.67. The molecule has 0 N–H and O–H groups in total. The van der Waals surface area contributed by atoms with Gasteiger partial charge >= 0.3 is 0 Å². The first kappa shape index (κ1) is 21.2. The average Bonchev–Trinajstić information content (AvgIpc) is 3.28. The smallest absolute Gasteiger partial charge is 0.177 e. The number of hydrogen-bond donors (Lipinski definition) is 0. The summed E-state index contributed by atoms with van der Waals surface area (Å²) < 4.78 is 3.50. The third-order valence-electron chi connectivity index (χ3n) is 4.21. The van der Waals surface area contributed by atoms with Crippen LogP contribution in [0.3, 0.4) is 0 Å². The van der Waals surface area contributed by atoms with E-state index in [-0.39, 0.29) is 65.4 Å². The van der Waals surface area contributed by atoms with E-state index in [1.54, 1.807) is 21.6 Å². The molecule has 0 aliphatic carbocycles. The van der Waals surface area contributed by atoms with Crippen molar-refractivity contribution in [3.8, 4) is 11.3 Å². The summed E-state index contributed by atoms with van der Waals surface area (Å²) in [5, 5.41) is 18.4. The summed E-state index contributed by atoms with van der Waals surface area (Å²) in [7, 11) is 1.88. The zero-order chi connectivity index (χ0) is 17.5. The summed E-state index contributed by atoms with van der Waals surface area (Å²) in [6.07, 6.45) is 7.48. The van der Waals surface area contributed by atoms with Gasteiger partial charge in [0, 0.05) is 95.9 Å². The molecule has 132 valence electrons. The summed E-state index contributed by atoms with van der Waals surface area (Å²) in [6.45, 7) is 0. The van der Waals surface area contributed by atoms with Gasteiger partial charge in [-0.05, 0) is 18.2 Å². The Morgan fingerprint density at radius 1 is 1.00 bits per heavy atom. The largest absolute Gasteiger partial charge is 0.275 e. The number of fused-ring (bicyclic) bond motifs is 2. The molecule has 0 spiro atoms. The predicted octanol–water partition coefficient (Wildman–Crippen LogP) is 2.67. The Hall–Kier alpha value is -1.53. The van der Waals surface area contributed by atoms with Crippen molar-refractivity contribution in [2.24, 2.45) is 7.05 Å². The summed E-state index contributed by atoms with van der Waals surface area (Å²) in [4.78, 5) is 4.35. The molecule has 0 aliphatic rings. The maximum atomic E-state index is 4.67. The van der Waals surface area contributed by atoms with Gasteiger partial charge < -0.3 is 0 Å². The summed E-state index contributed by atoms with van der Waals surface area (Å²) >= 11 is 0. The van der Waals surface area contributed by atoms with Gasteiger partial charge in [0.15, 0.2) is 5.65 Å². The normalized spacial score (nSPS) is 10.5. The van der Waals surface area contributed by atoms with E-state index in [9.17, 15) is 0 Å². The molecular weight excluding hydrogens is 504 g/mol. The van der Waals surface area contributed by atoms with E-state index in [1.807, 2.05) is 56.1 Å². The van der Waals surface area contributed by atoms with E-state index in [4.69, 9.17) is 0 Å². The number of aryl methyl sites for hydroxylation is 1. The Kier molecular flexibility index (Phi) is 6.71. The van der Waals surface area contributed by atoms with Crippen molar-refractivity contribution in [1.29, 1.82) is 0 Å². The zero-order valence-electron chi connectivity index (χ0n) is 15.1. The van der Waals surface area contributed by atoms with E-state index in [1.165, 1.54) is 0 Å². The van der Waals surface area contributed by atoms with E-state index >= 15 is 0 Å². The van der Waals surface area contributed by atoms with Crippen LogP contribution in [0.1, 0.15) is 11.4 Å². The van der Waals surface area contributed by atoms with Crippen molar-refractivity contribution in [1.82, 2.24) is 34.6 Å². The first-order valence-corrected chi connectivity index (χ1v) is 8.17. The number of nitrogens with zero attached hydrogens (tertiary/aromatic N) is 7. The molecule has 0 aliphatic heterocycles. The second kappa shape index (κ2) is 8.87. The van der Waals surface area contributed by atoms with Crippen LogP contribution in [0.4, 0.5) is 0 Å². The first-order valence-electron chi connectivity index (χ1n) is 8.17. The number of hydrogen-bond acceptors (Lipinski definition) is 5. The van der Waals surface area contributed by atoms with Gasteiger partial charge in [0.2, 0.25) is 0 Å². The van der Waals surface area contributed by atoms with Crippen molar-refractivity contribution >= 4 is 16.6 Å². The molecule has 2 radical (unpaired) electrons. The van der Waals surface area contributed by atoms with Crippen LogP contribution in [-0.4, -0.2) is 34.6 Å². The molecule has 4 aromatic heterocycles. The maximum Gasteiger partial charge on any atom is 0.177 e.